The molecule has 138 valence electrons. The molecule has 1 N–H and O–H groups in total. The SMILES string of the molecule is CCOc1cc(CNC2CCN(C(=O)C3CC3)CC2C)ccc1OC. The van der Waals surface area contributed by atoms with Gasteiger partial charge in [-0.15, -0.1) is 0 Å². The first-order valence-electron chi connectivity index (χ1n) is 9.44. The molecule has 0 radical (unpaired) electrons. The van der Waals surface area contributed by atoms with Crippen molar-refractivity contribution in [3.63, 3.8) is 0 Å². The highest BCUT2D eigenvalue weighted by molar-refractivity contribution is 5.81. The van der Waals surface area contributed by atoms with Crippen molar-refractivity contribution in [3.8, 4) is 11.5 Å². The molecule has 1 amide bonds. The summed E-state index contributed by atoms with van der Waals surface area (Å²) < 4.78 is 11.0. The second-order valence-corrected chi connectivity index (χ2v) is 7.23. The summed E-state index contributed by atoms with van der Waals surface area (Å²) in [6.07, 6.45) is 3.20. The van der Waals surface area contributed by atoms with Gasteiger partial charge in [0.25, 0.3) is 0 Å². The van der Waals surface area contributed by atoms with Gasteiger partial charge >= 0.3 is 0 Å². The minimum atomic E-state index is 0.327. The molecule has 0 spiro atoms. The van der Waals surface area contributed by atoms with Crippen molar-refractivity contribution < 1.29 is 14.3 Å². The molecule has 0 aromatic heterocycles. The van der Waals surface area contributed by atoms with Crippen molar-refractivity contribution in [1.82, 2.24) is 10.2 Å². The minimum absolute atomic E-state index is 0.327. The first-order valence-corrected chi connectivity index (χ1v) is 9.44. The highest BCUT2D eigenvalue weighted by Crippen LogP contribution is 2.32. The number of carbonyl (C=O) groups excluding carboxylic acids is 1. The Morgan fingerprint density at radius 1 is 1.28 bits per heavy atom. The van der Waals surface area contributed by atoms with E-state index < -0.39 is 0 Å². The van der Waals surface area contributed by atoms with Crippen LogP contribution in [0.4, 0.5) is 0 Å². The third-order valence-corrected chi connectivity index (χ3v) is 5.24. The van der Waals surface area contributed by atoms with Gasteiger partial charge in [0.05, 0.1) is 13.7 Å². The fraction of sp³-hybridized carbons (Fsp3) is 0.650. The first kappa shape index (κ1) is 18.1. The molecule has 2 atom stereocenters. The smallest absolute Gasteiger partial charge is 0.225 e. The molecule has 5 nitrogen and oxygen atoms in total. The normalized spacial score (nSPS) is 23.4. The van der Waals surface area contributed by atoms with E-state index in [1.807, 2.05) is 19.1 Å². The van der Waals surface area contributed by atoms with E-state index in [-0.39, 0.29) is 0 Å². The molecule has 0 bridgehead atoms. The number of ether oxygens (including phenoxy) is 2. The third-order valence-electron chi connectivity index (χ3n) is 5.24. The highest BCUT2D eigenvalue weighted by Gasteiger charge is 2.36. The van der Waals surface area contributed by atoms with Gasteiger partial charge in [-0.3, -0.25) is 4.79 Å². The Morgan fingerprint density at radius 2 is 2.08 bits per heavy atom. The van der Waals surface area contributed by atoms with E-state index in [1.54, 1.807) is 7.11 Å². The van der Waals surface area contributed by atoms with E-state index in [1.165, 1.54) is 5.56 Å². The molecule has 1 aliphatic heterocycles. The maximum atomic E-state index is 12.2. The summed E-state index contributed by atoms with van der Waals surface area (Å²) in [7, 11) is 1.66. The number of carbonyl (C=O) groups is 1. The number of amides is 1. The number of nitrogens with zero attached hydrogens (tertiary/aromatic N) is 1. The number of hydrogen-bond donors (Lipinski definition) is 1. The summed E-state index contributed by atoms with van der Waals surface area (Å²) in [5.41, 5.74) is 1.19. The topological polar surface area (TPSA) is 50.8 Å². The summed E-state index contributed by atoms with van der Waals surface area (Å²) >= 11 is 0. The zero-order chi connectivity index (χ0) is 17.8. The molecule has 1 aliphatic carbocycles. The first-order chi connectivity index (χ1) is 12.1. The number of methoxy groups -OCH3 is 1. The van der Waals surface area contributed by atoms with Gasteiger partial charge < -0.3 is 19.7 Å². The van der Waals surface area contributed by atoms with Crippen LogP contribution in [0.25, 0.3) is 0 Å². The molecule has 3 rings (SSSR count). The minimum Gasteiger partial charge on any atom is -0.493 e. The largest absolute Gasteiger partial charge is 0.493 e. The molecule has 2 unspecified atom stereocenters. The van der Waals surface area contributed by atoms with Gasteiger partial charge in [-0.05, 0) is 49.8 Å². The van der Waals surface area contributed by atoms with E-state index in [9.17, 15) is 4.79 Å². The fourth-order valence-electron chi connectivity index (χ4n) is 3.59. The van der Waals surface area contributed by atoms with E-state index in [2.05, 4.69) is 23.2 Å². The third kappa shape index (κ3) is 4.46. The lowest BCUT2D eigenvalue weighted by atomic mass is 9.93. The molecule has 2 aliphatic rings. The molecule has 1 saturated carbocycles. The summed E-state index contributed by atoms with van der Waals surface area (Å²) in [6, 6.07) is 6.53. The van der Waals surface area contributed by atoms with Gasteiger partial charge in [-0.2, -0.15) is 0 Å². The quantitative estimate of drug-likeness (QED) is 0.825. The van der Waals surface area contributed by atoms with Crippen LogP contribution in [-0.4, -0.2) is 43.7 Å². The maximum Gasteiger partial charge on any atom is 0.225 e. The average Bonchev–Trinajstić information content (AvgIpc) is 3.45. The van der Waals surface area contributed by atoms with Crippen molar-refractivity contribution in [2.75, 3.05) is 26.8 Å². The monoisotopic (exact) mass is 346 g/mol. The summed E-state index contributed by atoms with van der Waals surface area (Å²) in [5, 5.41) is 3.66. The second-order valence-electron chi connectivity index (χ2n) is 7.23. The van der Waals surface area contributed by atoms with Crippen molar-refractivity contribution in [3.05, 3.63) is 23.8 Å². The summed E-state index contributed by atoms with van der Waals surface area (Å²) in [5.74, 6) is 2.74. The maximum absolute atomic E-state index is 12.2. The van der Waals surface area contributed by atoms with Gasteiger partial charge in [0.2, 0.25) is 5.91 Å². The van der Waals surface area contributed by atoms with Crippen LogP contribution in [0.2, 0.25) is 0 Å². The Hall–Kier alpha value is -1.75. The Kier molecular flexibility index (Phi) is 5.84. The number of likely N-dealkylation sites (tertiary alicyclic amines) is 1. The molecular weight excluding hydrogens is 316 g/mol. The van der Waals surface area contributed by atoms with E-state index in [4.69, 9.17) is 9.47 Å². The molecule has 1 aromatic rings. The lowest BCUT2D eigenvalue weighted by molar-refractivity contribution is -0.134. The molecule has 25 heavy (non-hydrogen) atoms. The summed E-state index contributed by atoms with van der Waals surface area (Å²) in [4.78, 5) is 14.3. The molecular formula is C20H30N2O3. The number of benzene rings is 1. The Bertz CT molecular complexity index is 601. The van der Waals surface area contributed by atoms with Gasteiger partial charge in [0.15, 0.2) is 11.5 Å². The van der Waals surface area contributed by atoms with Crippen LogP contribution in [-0.2, 0) is 11.3 Å². The zero-order valence-corrected chi connectivity index (χ0v) is 15.6. The van der Waals surface area contributed by atoms with Gasteiger partial charge in [0, 0.05) is 31.6 Å². The number of piperidine rings is 1. The van der Waals surface area contributed by atoms with E-state index in [0.29, 0.717) is 30.4 Å². The van der Waals surface area contributed by atoms with Crippen LogP contribution >= 0.6 is 0 Å². The van der Waals surface area contributed by atoms with Crippen LogP contribution < -0.4 is 14.8 Å². The number of rotatable bonds is 7. The molecule has 1 saturated heterocycles. The molecule has 5 heteroatoms. The van der Waals surface area contributed by atoms with Gasteiger partial charge in [0.1, 0.15) is 0 Å². The van der Waals surface area contributed by atoms with Crippen molar-refractivity contribution >= 4 is 5.91 Å². The van der Waals surface area contributed by atoms with Crippen LogP contribution in [0.15, 0.2) is 18.2 Å². The van der Waals surface area contributed by atoms with Crippen molar-refractivity contribution in [2.24, 2.45) is 11.8 Å². The van der Waals surface area contributed by atoms with Crippen molar-refractivity contribution in [2.45, 2.75) is 45.7 Å². The van der Waals surface area contributed by atoms with Crippen LogP contribution in [0.3, 0.4) is 0 Å². The zero-order valence-electron chi connectivity index (χ0n) is 15.6. The lowest BCUT2D eigenvalue weighted by Crippen LogP contribution is -2.50. The number of hydrogen-bond acceptors (Lipinski definition) is 4. The van der Waals surface area contributed by atoms with E-state index >= 15 is 0 Å². The van der Waals surface area contributed by atoms with Crippen LogP contribution in [0.1, 0.15) is 38.7 Å². The lowest BCUT2D eigenvalue weighted by Gasteiger charge is -2.37. The van der Waals surface area contributed by atoms with Gasteiger partial charge in [-0.1, -0.05) is 13.0 Å². The van der Waals surface area contributed by atoms with Crippen LogP contribution in [0, 0.1) is 11.8 Å². The second kappa shape index (κ2) is 8.09. The highest BCUT2D eigenvalue weighted by atomic mass is 16.5. The average molecular weight is 346 g/mol. The predicted molar refractivity (Wildman–Crippen MR) is 97.9 cm³/mol. The summed E-state index contributed by atoms with van der Waals surface area (Å²) in [6.45, 7) is 7.39. The van der Waals surface area contributed by atoms with E-state index in [0.717, 1.165) is 50.4 Å². The number of nitrogens with one attached hydrogen (secondary N) is 1. The molecule has 1 heterocycles. The predicted octanol–water partition coefficient (Wildman–Crippen LogP) is 2.83. The van der Waals surface area contributed by atoms with Crippen molar-refractivity contribution in [1.29, 1.82) is 0 Å². The van der Waals surface area contributed by atoms with Gasteiger partial charge in [-0.25, -0.2) is 0 Å². The standard InChI is InChI=1S/C20H30N2O3/c1-4-25-19-11-15(5-8-18(19)24-3)12-21-17-9-10-22(13-14(17)2)20(23)16-6-7-16/h5,8,11,14,16-17,21H,4,6-7,9-10,12-13H2,1-3H3. The molecule has 1 aromatic carbocycles. The molecule has 2 fully saturated rings. The fourth-order valence-corrected chi connectivity index (χ4v) is 3.59. The van der Waals surface area contributed by atoms with Crippen LogP contribution in [0.5, 0.6) is 11.5 Å². The Morgan fingerprint density at radius 3 is 2.72 bits per heavy atom. The Balaban J connectivity index is 1.53. The Labute approximate surface area is 150 Å².